The number of nitrogens with one attached hydrogen (secondary N) is 2. The summed E-state index contributed by atoms with van der Waals surface area (Å²) in [6.07, 6.45) is 2.29. The number of sulfonamides is 1. The van der Waals surface area contributed by atoms with Crippen molar-refractivity contribution >= 4 is 55.9 Å². The predicted molar refractivity (Wildman–Crippen MR) is 139 cm³/mol. The molecule has 13 heteroatoms. The van der Waals surface area contributed by atoms with Crippen LogP contribution in [0.15, 0.2) is 30.3 Å². The molecule has 0 radical (unpaired) electrons. The van der Waals surface area contributed by atoms with Crippen molar-refractivity contribution in [3.05, 3.63) is 51.6 Å². The first-order valence-corrected chi connectivity index (χ1v) is 14.6. The summed E-state index contributed by atoms with van der Waals surface area (Å²) in [5.74, 6) is -0.769. The summed E-state index contributed by atoms with van der Waals surface area (Å²) < 4.78 is 27.1. The zero-order valence-corrected chi connectivity index (χ0v) is 22.3. The number of hydrogen-bond acceptors (Lipinski definition) is 7. The Morgan fingerprint density at radius 2 is 1.89 bits per heavy atom. The molecule has 2 unspecified atom stereocenters. The van der Waals surface area contributed by atoms with Crippen molar-refractivity contribution in [1.82, 2.24) is 28.9 Å². The summed E-state index contributed by atoms with van der Waals surface area (Å²) in [5, 5.41) is 7.10. The van der Waals surface area contributed by atoms with Crippen molar-refractivity contribution in [3.63, 3.8) is 0 Å². The van der Waals surface area contributed by atoms with Crippen LogP contribution < -0.4 is 10.6 Å². The van der Waals surface area contributed by atoms with Crippen molar-refractivity contribution < 1.29 is 18.0 Å². The molecule has 192 valence electrons. The van der Waals surface area contributed by atoms with Crippen molar-refractivity contribution in [2.24, 2.45) is 0 Å². The van der Waals surface area contributed by atoms with Crippen molar-refractivity contribution in [2.45, 2.75) is 31.5 Å². The monoisotopic (exact) mass is 550 g/mol. The Hall–Kier alpha value is -2.51. The van der Waals surface area contributed by atoms with Gasteiger partial charge in [0.15, 0.2) is 5.01 Å². The van der Waals surface area contributed by atoms with E-state index in [1.807, 2.05) is 25.2 Å². The molecule has 2 aliphatic heterocycles. The first kappa shape index (κ1) is 25.2. The van der Waals surface area contributed by atoms with Gasteiger partial charge in [-0.1, -0.05) is 18.2 Å². The van der Waals surface area contributed by atoms with Crippen molar-refractivity contribution in [2.75, 3.05) is 32.9 Å². The molecular weight excluding hydrogens is 524 g/mol. The summed E-state index contributed by atoms with van der Waals surface area (Å²) in [6.45, 7) is 1.94. The van der Waals surface area contributed by atoms with Gasteiger partial charge in [0.2, 0.25) is 10.0 Å². The first-order valence-electron chi connectivity index (χ1n) is 11.6. The number of piperidine rings is 1. The number of thiazole rings is 1. The summed E-state index contributed by atoms with van der Waals surface area (Å²) in [7, 11) is -1.44. The van der Waals surface area contributed by atoms with Gasteiger partial charge in [-0.25, -0.2) is 17.5 Å². The Bertz CT molecular complexity index is 1440. The summed E-state index contributed by atoms with van der Waals surface area (Å²) in [4.78, 5) is 34.1. The number of carbonyl (C=O) groups excluding carboxylic acids is 2. The second-order valence-corrected chi connectivity index (χ2v) is 12.7. The van der Waals surface area contributed by atoms with Crippen LogP contribution in [0, 0.1) is 0 Å². The lowest BCUT2D eigenvalue weighted by Gasteiger charge is -2.37. The second kappa shape index (κ2) is 9.75. The third-order valence-corrected chi connectivity index (χ3v) is 9.39. The van der Waals surface area contributed by atoms with E-state index in [2.05, 4.69) is 20.5 Å². The van der Waals surface area contributed by atoms with E-state index in [1.165, 1.54) is 19.7 Å². The number of rotatable bonds is 5. The van der Waals surface area contributed by atoms with Crippen LogP contribution in [0.2, 0.25) is 0 Å². The summed E-state index contributed by atoms with van der Waals surface area (Å²) in [6, 6.07) is 7.89. The molecule has 2 amide bonds. The van der Waals surface area contributed by atoms with Gasteiger partial charge in [0.25, 0.3) is 11.8 Å². The number of para-hydroxylation sites is 1. The molecule has 5 rings (SSSR count). The van der Waals surface area contributed by atoms with Crippen molar-refractivity contribution in [1.29, 1.82) is 0 Å². The SMILES string of the molecule is CN1CCc2nc(C(=O)NC3CCN(S(C)(=O)=O)CC3NC(=O)c3cc4ccccc4n3Cl)sc2C1. The molecule has 0 spiro atoms. The highest BCUT2D eigenvalue weighted by atomic mass is 35.5. The van der Waals surface area contributed by atoms with Gasteiger partial charge in [-0.15, -0.1) is 11.3 Å². The molecule has 0 aliphatic carbocycles. The number of aromatic nitrogens is 2. The molecule has 36 heavy (non-hydrogen) atoms. The van der Waals surface area contributed by atoms with Gasteiger partial charge >= 0.3 is 0 Å². The van der Waals surface area contributed by atoms with Crippen LogP contribution >= 0.6 is 23.1 Å². The normalized spacial score (nSPS) is 21.3. The van der Waals surface area contributed by atoms with Gasteiger partial charge in [-0.05, 0) is 25.6 Å². The van der Waals surface area contributed by atoms with Crippen LogP contribution in [-0.2, 0) is 23.0 Å². The van der Waals surface area contributed by atoms with Gasteiger partial charge in [0.1, 0.15) is 5.69 Å². The first-order chi connectivity index (χ1) is 17.1. The van der Waals surface area contributed by atoms with Gasteiger partial charge in [0.05, 0.1) is 29.6 Å². The highest BCUT2D eigenvalue weighted by Gasteiger charge is 2.36. The number of benzene rings is 1. The minimum Gasteiger partial charge on any atom is -0.345 e. The van der Waals surface area contributed by atoms with Crippen LogP contribution in [0.4, 0.5) is 0 Å². The summed E-state index contributed by atoms with van der Waals surface area (Å²) in [5.41, 5.74) is 1.88. The highest BCUT2D eigenvalue weighted by Crippen LogP contribution is 2.25. The molecule has 2 N–H and O–H groups in total. The van der Waals surface area contributed by atoms with E-state index < -0.39 is 28.0 Å². The Balaban J connectivity index is 1.36. The minimum absolute atomic E-state index is 0.0389. The molecule has 1 fully saturated rings. The average molecular weight is 551 g/mol. The smallest absolute Gasteiger partial charge is 0.280 e. The van der Waals surface area contributed by atoms with E-state index in [4.69, 9.17) is 11.8 Å². The van der Waals surface area contributed by atoms with Gasteiger partial charge < -0.3 is 15.5 Å². The zero-order valence-electron chi connectivity index (χ0n) is 19.9. The molecule has 0 bridgehead atoms. The van der Waals surface area contributed by atoms with Crippen LogP contribution in [0.5, 0.6) is 0 Å². The molecule has 0 saturated carbocycles. The van der Waals surface area contributed by atoms with Crippen LogP contribution in [-0.4, -0.2) is 83.5 Å². The van der Waals surface area contributed by atoms with E-state index >= 15 is 0 Å². The molecule has 4 heterocycles. The lowest BCUT2D eigenvalue weighted by Crippen LogP contribution is -2.61. The maximum Gasteiger partial charge on any atom is 0.280 e. The number of likely N-dealkylation sites (N-methyl/N-ethyl adjacent to an activating group) is 1. The number of fused-ring (bicyclic) bond motifs is 2. The molecule has 10 nitrogen and oxygen atoms in total. The summed E-state index contributed by atoms with van der Waals surface area (Å²) >= 11 is 7.78. The van der Waals surface area contributed by atoms with Crippen LogP contribution in [0.1, 0.15) is 37.3 Å². The average Bonchev–Trinajstić information content (AvgIpc) is 3.40. The fraction of sp³-hybridized carbons (Fsp3) is 0.435. The minimum atomic E-state index is -3.48. The standard InChI is InChI=1S/C23H27ClN6O4S2/c1-28-9-7-16-20(13-28)35-23(27-16)22(32)25-15-8-10-29(36(2,33)34)12-17(15)26-21(31)19-11-14-5-3-4-6-18(14)30(19)24/h3-6,11,15,17H,7-10,12-13H2,1-2H3,(H,25,32)(H,26,31). The van der Waals surface area contributed by atoms with E-state index in [0.717, 1.165) is 41.7 Å². The number of hydrogen-bond donors (Lipinski definition) is 2. The lowest BCUT2D eigenvalue weighted by molar-refractivity contribution is 0.0846. The van der Waals surface area contributed by atoms with Gasteiger partial charge in [0, 0.05) is 54.6 Å². The zero-order chi connectivity index (χ0) is 25.6. The van der Waals surface area contributed by atoms with Gasteiger partial charge in [-0.2, -0.15) is 4.31 Å². The fourth-order valence-corrected chi connectivity index (χ4v) is 6.95. The highest BCUT2D eigenvalue weighted by molar-refractivity contribution is 7.88. The lowest BCUT2D eigenvalue weighted by atomic mass is 10.0. The maximum absolute atomic E-state index is 13.2. The fourth-order valence-electron chi connectivity index (χ4n) is 4.71. The Morgan fingerprint density at radius 3 is 2.64 bits per heavy atom. The van der Waals surface area contributed by atoms with E-state index in [1.54, 1.807) is 12.1 Å². The molecular formula is C23H27ClN6O4S2. The Kier molecular flexibility index (Phi) is 6.81. The molecule has 2 aromatic heterocycles. The van der Waals surface area contributed by atoms with E-state index in [0.29, 0.717) is 16.9 Å². The van der Waals surface area contributed by atoms with Crippen LogP contribution in [0.25, 0.3) is 10.9 Å². The third kappa shape index (κ3) is 5.00. The van der Waals surface area contributed by atoms with E-state index in [-0.39, 0.29) is 24.7 Å². The van der Waals surface area contributed by atoms with Crippen molar-refractivity contribution in [3.8, 4) is 0 Å². The number of nitrogens with zero attached hydrogens (tertiary/aromatic N) is 4. The molecule has 1 aromatic carbocycles. The largest absolute Gasteiger partial charge is 0.345 e. The number of halogens is 1. The third-order valence-electron chi connectivity index (χ3n) is 6.68. The van der Waals surface area contributed by atoms with E-state index in [9.17, 15) is 18.0 Å². The molecule has 2 atom stereocenters. The Morgan fingerprint density at radius 1 is 1.14 bits per heavy atom. The molecule has 3 aromatic rings. The van der Waals surface area contributed by atoms with Gasteiger partial charge in [-0.3, -0.25) is 9.59 Å². The predicted octanol–water partition coefficient (Wildman–Crippen LogP) is 1.65. The Labute approximate surface area is 218 Å². The molecule has 1 saturated heterocycles. The number of amides is 2. The maximum atomic E-state index is 13.2. The second-order valence-electron chi connectivity index (χ2n) is 9.32. The number of carbonyl (C=O) groups is 2. The topological polar surface area (TPSA) is 117 Å². The van der Waals surface area contributed by atoms with Crippen LogP contribution in [0.3, 0.4) is 0 Å². The quantitative estimate of drug-likeness (QED) is 0.499. The molecule has 2 aliphatic rings.